The summed E-state index contributed by atoms with van der Waals surface area (Å²) in [6.45, 7) is 7.61. The molecule has 0 saturated carbocycles. The van der Waals surface area contributed by atoms with E-state index in [-0.39, 0.29) is 11.6 Å². The maximum absolute atomic E-state index is 13.9. The number of carbonyl (C=O) groups excluding carboxylic acids is 1. The molecule has 1 aromatic carbocycles. The normalized spacial score (nSPS) is 24.4. The van der Waals surface area contributed by atoms with Crippen molar-refractivity contribution in [1.82, 2.24) is 5.32 Å². The van der Waals surface area contributed by atoms with Crippen molar-refractivity contribution in [2.75, 3.05) is 0 Å². The number of carboxylic acids is 1. The molecule has 2 aliphatic rings. The van der Waals surface area contributed by atoms with Gasteiger partial charge in [0, 0.05) is 0 Å². The molecule has 2 fully saturated rings. The summed E-state index contributed by atoms with van der Waals surface area (Å²) in [5.74, 6) is -1.93. The topological polar surface area (TPSA) is 110 Å². The highest BCUT2D eigenvalue weighted by Crippen LogP contribution is 2.36. The van der Waals surface area contributed by atoms with Crippen LogP contribution in [0.25, 0.3) is 0 Å². The maximum atomic E-state index is 13.9. The Morgan fingerprint density at radius 1 is 1.34 bits per heavy atom. The zero-order valence-corrected chi connectivity index (χ0v) is 17.2. The van der Waals surface area contributed by atoms with E-state index in [1.165, 1.54) is 24.4 Å². The summed E-state index contributed by atoms with van der Waals surface area (Å²) in [7, 11) is -0.773. The van der Waals surface area contributed by atoms with Crippen molar-refractivity contribution < 1.29 is 28.4 Å². The van der Waals surface area contributed by atoms with Gasteiger partial charge in [-0.05, 0) is 50.9 Å². The third-order valence-corrected chi connectivity index (χ3v) is 6.11. The first-order chi connectivity index (χ1) is 13.5. The predicted octanol–water partition coefficient (Wildman–Crippen LogP) is 1.52. The number of amidine groups is 1. The van der Waals surface area contributed by atoms with Gasteiger partial charge in [0.05, 0.1) is 23.8 Å². The first-order valence-corrected chi connectivity index (χ1v) is 9.82. The minimum absolute atomic E-state index is 0.205. The van der Waals surface area contributed by atoms with Gasteiger partial charge in [-0.3, -0.25) is 9.59 Å². The van der Waals surface area contributed by atoms with Crippen molar-refractivity contribution in [3.05, 3.63) is 29.6 Å². The molecule has 0 aliphatic carbocycles. The average Bonchev–Trinajstić information content (AvgIpc) is 3.04. The summed E-state index contributed by atoms with van der Waals surface area (Å²) in [6.07, 6.45) is 1.10. The lowest BCUT2D eigenvalue weighted by molar-refractivity contribution is -0.138. The molecule has 0 radical (unpaired) electrons. The Morgan fingerprint density at radius 2 is 2.00 bits per heavy atom. The SMILES string of the molecule is CC1(C)OB(c2cc(F)ccc2C=NN=C2NC(=O)C(CC(=O)O)S2)OC1(C)C. The Bertz CT molecular complexity index is 889. The molecule has 11 heteroatoms. The minimum atomic E-state index is -1.07. The number of benzene rings is 1. The van der Waals surface area contributed by atoms with Crippen LogP contribution in [0.1, 0.15) is 39.7 Å². The summed E-state index contributed by atoms with van der Waals surface area (Å²) < 4.78 is 25.8. The number of hydrogen-bond donors (Lipinski definition) is 2. The molecule has 1 unspecified atom stereocenters. The van der Waals surface area contributed by atoms with Crippen LogP contribution < -0.4 is 10.8 Å². The number of rotatable bonds is 5. The summed E-state index contributed by atoms with van der Waals surface area (Å²) in [5.41, 5.74) is -0.143. The Kier molecular flexibility index (Phi) is 5.84. The molecule has 8 nitrogen and oxygen atoms in total. The Morgan fingerprint density at radius 3 is 2.62 bits per heavy atom. The van der Waals surface area contributed by atoms with Crippen LogP contribution in [0.5, 0.6) is 0 Å². The van der Waals surface area contributed by atoms with E-state index in [2.05, 4.69) is 15.5 Å². The average molecular weight is 421 g/mol. The van der Waals surface area contributed by atoms with E-state index in [1.54, 1.807) is 0 Å². The highest BCUT2D eigenvalue weighted by atomic mass is 32.2. The molecule has 3 rings (SSSR count). The van der Waals surface area contributed by atoms with Crippen LogP contribution in [0.2, 0.25) is 0 Å². The quantitative estimate of drug-likeness (QED) is 0.424. The van der Waals surface area contributed by atoms with Crippen molar-refractivity contribution in [2.45, 2.75) is 50.6 Å². The maximum Gasteiger partial charge on any atom is 0.495 e. The number of nitrogens with zero attached hydrogens (tertiary/aromatic N) is 2. The van der Waals surface area contributed by atoms with E-state index in [0.29, 0.717) is 11.0 Å². The largest absolute Gasteiger partial charge is 0.495 e. The highest BCUT2D eigenvalue weighted by Gasteiger charge is 2.52. The van der Waals surface area contributed by atoms with E-state index < -0.39 is 41.3 Å². The summed E-state index contributed by atoms with van der Waals surface area (Å²) in [6, 6.07) is 4.15. The Labute approximate surface area is 172 Å². The van der Waals surface area contributed by atoms with Crippen molar-refractivity contribution in [3.8, 4) is 0 Å². The number of carbonyl (C=O) groups is 2. The monoisotopic (exact) mass is 421 g/mol. The second-order valence-electron chi connectivity index (χ2n) is 7.70. The number of nitrogens with one attached hydrogen (secondary N) is 1. The van der Waals surface area contributed by atoms with E-state index in [0.717, 1.165) is 11.8 Å². The number of hydrogen-bond acceptors (Lipinski definition) is 7. The highest BCUT2D eigenvalue weighted by molar-refractivity contribution is 8.15. The van der Waals surface area contributed by atoms with Gasteiger partial charge in [0.15, 0.2) is 5.17 Å². The molecule has 1 atom stereocenters. The van der Waals surface area contributed by atoms with Gasteiger partial charge in [-0.15, -0.1) is 5.10 Å². The van der Waals surface area contributed by atoms with Crippen LogP contribution in [0.3, 0.4) is 0 Å². The van der Waals surface area contributed by atoms with E-state index >= 15 is 0 Å². The number of halogens is 1. The molecule has 29 heavy (non-hydrogen) atoms. The molecule has 2 saturated heterocycles. The zero-order chi connectivity index (χ0) is 21.4. The fourth-order valence-electron chi connectivity index (χ4n) is 2.73. The van der Waals surface area contributed by atoms with Gasteiger partial charge in [-0.25, -0.2) is 4.39 Å². The Balaban J connectivity index is 1.79. The number of aliphatic carboxylic acids is 1. The summed E-state index contributed by atoms with van der Waals surface area (Å²) in [5, 5.41) is 18.6. The van der Waals surface area contributed by atoms with Crippen molar-refractivity contribution in [1.29, 1.82) is 0 Å². The second kappa shape index (κ2) is 7.89. The standard InChI is InChI=1S/C18H21BFN3O5S/c1-17(2)18(3,4)28-19(27-17)12-7-11(20)6-5-10(12)9-21-23-16-22-15(26)13(29-16)8-14(24)25/h5-7,9,13H,8H2,1-4H3,(H,24,25)(H,22,23,26). The first kappa shape index (κ1) is 21.5. The third kappa shape index (κ3) is 4.68. The van der Waals surface area contributed by atoms with Crippen LogP contribution in [0.15, 0.2) is 28.4 Å². The molecule has 0 aromatic heterocycles. The number of thioether (sulfide) groups is 1. The first-order valence-electron chi connectivity index (χ1n) is 8.94. The van der Waals surface area contributed by atoms with E-state index in [1.807, 2.05) is 27.7 Å². The van der Waals surface area contributed by atoms with Crippen LogP contribution in [0.4, 0.5) is 4.39 Å². The molecule has 2 N–H and O–H groups in total. The molecule has 1 aromatic rings. The molecule has 2 aliphatic heterocycles. The number of amides is 1. The van der Waals surface area contributed by atoms with Crippen molar-refractivity contribution in [2.24, 2.45) is 10.2 Å². The molecular weight excluding hydrogens is 400 g/mol. The van der Waals surface area contributed by atoms with E-state index in [4.69, 9.17) is 14.4 Å². The van der Waals surface area contributed by atoms with Crippen molar-refractivity contribution in [3.63, 3.8) is 0 Å². The molecule has 0 spiro atoms. The fraction of sp³-hybridized carbons (Fsp3) is 0.444. The Hall–Kier alpha value is -2.24. The molecular formula is C18H21BFN3O5S. The lowest BCUT2D eigenvalue weighted by Gasteiger charge is -2.32. The smallest absolute Gasteiger partial charge is 0.481 e. The van der Waals surface area contributed by atoms with Crippen LogP contribution in [-0.4, -0.2) is 51.9 Å². The van der Waals surface area contributed by atoms with Gasteiger partial charge in [0.2, 0.25) is 5.91 Å². The fourth-order valence-corrected chi connectivity index (χ4v) is 3.64. The summed E-state index contributed by atoms with van der Waals surface area (Å²) in [4.78, 5) is 22.5. The van der Waals surface area contributed by atoms with Crippen LogP contribution >= 0.6 is 11.8 Å². The minimum Gasteiger partial charge on any atom is -0.481 e. The van der Waals surface area contributed by atoms with Gasteiger partial charge >= 0.3 is 13.1 Å². The zero-order valence-electron chi connectivity index (χ0n) is 16.4. The third-order valence-electron chi connectivity index (χ3n) is 5.04. The molecule has 1 amide bonds. The lowest BCUT2D eigenvalue weighted by atomic mass is 9.76. The predicted molar refractivity (Wildman–Crippen MR) is 109 cm³/mol. The molecule has 0 bridgehead atoms. The van der Waals surface area contributed by atoms with Gasteiger partial charge in [-0.2, -0.15) is 5.10 Å². The molecule has 154 valence electrons. The van der Waals surface area contributed by atoms with Gasteiger partial charge < -0.3 is 19.7 Å². The molecule has 2 heterocycles. The van der Waals surface area contributed by atoms with E-state index in [9.17, 15) is 14.0 Å². The van der Waals surface area contributed by atoms with Crippen molar-refractivity contribution >= 4 is 47.6 Å². The second-order valence-corrected chi connectivity index (χ2v) is 8.90. The number of carboxylic acid groups (broad SMARTS) is 1. The van der Waals surface area contributed by atoms with Gasteiger partial charge in [0.1, 0.15) is 11.1 Å². The lowest BCUT2D eigenvalue weighted by Crippen LogP contribution is -2.41. The van der Waals surface area contributed by atoms with Crippen LogP contribution in [-0.2, 0) is 18.9 Å². The van der Waals surface area contributed by atoms with Gasteiger partial charge in [-0.1, -0.05) is 17.8 Å². The summed E-state index contributed by atoms with van der Waals surface area (Å²) >= 11 is 0.999. The van der Waals surface area contributed by atoms with Gasteiger partial charge in [0.25, 0.3) is 0 Å². The van der Waals surface area contributed by atoms with Crippen LogP contribution in [0, 0.1) is 5.82 Å².